The minimum Gasteiger partial charge on any atom is -0.377 e. The molecule has 2 heteroatoms. The molecular weight excluding hydrogens is 138 g/mol. The smallest absolute Gasteiger partial charge is 0.0700 e. The molecule has 1 atom stereocenters. The Morgan fingerprint density at radius 3 is 3.18 bits per heavy atom. The maximum atomic E-state index is 5.42. The third kappa shape index (κ3) is 3.41. The Morgan fingerprint density at radius 1 is 1.64 bits per heavy atom. The Balaban J connectivity index is 1.90. The van der Waals surface area contributed by atoms with E-state index < -0.39 is 0 Å². The molecule has 0 aromatic carbocycles. The largest absolute Gasteiger partial charge is 0.377 e. The standard InChI is InChI=1S/C9H15NO/c1-2-3-6-10-8-9-5-4-7-11-9/h1,9-10H,3-8H2. The molecule has 11 heavy (non-hydrogen) atoms. The van der Waals surface area contributed by atoms with Crippen LogP contribution >= 0.6 is 0 Å². The molecule has 1 unspecified atom stereocenters. The van der Waals surface area contributed by atoms with Crippen molar-refractivity contribution in [3.05, 3.63) is 0 Å². The van der Waals surface area contributed by atoms with Crippen LogP contribution in [0, 0.1) is 12.3 Å². The van der Waals surface area contributed by atoms with Gasteiger partial charge in [-0.25, -0.2) is 0 Å². The fourth-order valence-electron chi connectivity index (χ4n) is 1.23. The summed E-state index contributed by atoms with van der Waals surface area (Å²) in [6, 6.07) is 0. The number of terminal acetylenes is 1. The van der Waals surface area contributed by atoms with Gasteiger partial charge in [0.25, 0.3) is 0 Å². The Labute approximate surface area is 68.3 Å². The van der Waals surface area contributed by atoms with Gasteiger partial charge in [-0.3, -0.25) is 0 Å². The van der Waals surface area contributed by atoms with Gasteiger partial charge in [0.2, 0.25) is 0 Å². The fraction of sp³-hybridized carbons (Fsp3) is 0.778. The Hall–Kier alpha value is -0.520. The molecule has 1 heterocycles. The summed E-state index contributed by atoms with van der Waals surface area (Å²) in [5.41, 5.74) is 0. The van der Waals surface area contributed by atoms with Crippen LogP contribution in [-0.2, 0) is 4.74 Å². The van der Waals surface area contributed by atoms with Crippen molar-refractivity contribution in [3.63, 3.8) is 0 Å². The lowest BCUT2D eigenvalue weighted by Gasteiger charge is -2.08. The Kier molecular flexibility index (Phi) is 4.03. The number of hydrogen-bond acceptors (Lipinski definition) is 2. The maximum absolute atomic E-state index is 5.42. The second-order valence-electron chi connectivity index (χ2n) is 2.79. The molecule has 0 bridgehead atoms. The normalized spacial score (nSPS) is 23.4. The van der Waals surface area contributed by atoms with Crippen LogP contribution < -0.4 is 5.32 Å². The number of ether oxygens (including phenoxy) is 1. The first-order valence-electron chi connectivity index (χ1n) is 4.19. The van der Waals surface area contributed by atoms with Gasteiger partial charge in [-0.1, -0.05) is 0 Å². The highest BCUT2D eigenvalue weighted by Gasteiger charge is 2.13. The first-order chi connectivity index (χ1) is 5.43. The van der Waals surface area contributed by atoms with E-state index in [1.165, 1.54) is 12.8 Å². The first kappa shape index (κ1) is 8.58. The van der Waals surface area contributed by atoms with E-state index in [2.05, 4.69) is 11.2 Å². The molecular formula is C9H15NO. The number of nitrogens with one attached hydrogen (secondary N) is 1. The molecule has 1 saturated heterocycles. The van der Waals surface area contributed by atoms with Gasteiger partial charge in [-0.15, -0.1) is 12.3 Å². The predicted molar refractivity (Wildman–Crippen MR) is 45.3 cm³/mol. The lowest BCUT2D eigenvalue weighted by Crippen LogP contribution is -2.26. The van der Waals surface area contributed by atoms with Gasteiger partial charge < -0.3 is 10.1 Å². The number of rotatable bonds is 4. The predicted octanol–water partition coefficient (Wildman–Crippen LogP) is 0.778. The molecule has 1 aliphatic rings. The molecule has 0 aliphatic carbocycles. The lowest BCUT2D eigenvalue weighted by molar-refractivity contribution is 0.110. The van der Waals surface area contributed by atoms with E-state index >= 15 is 0 Å². The van der Waals surface area contributed by atoms with Crippen LogP contribution in [-0.4, -0.2) is 25.8 Å². The van der Waals surface area contributed by atoms with Gasteiger partial charge in [0, 0.05) is 26.1 Å². The maximum Gasteiger partial charge on any atom is 0.0700 e. The minimum absolute atomic E-state index is 0.438. The van der Waals surface area contributed by atoms with Crippen molar-refractivity contribution >= 4 is 0 Å². The van der Waals surface area contributed by atoms with Crippen LogP contribution in [0.1, 0.15) is 19.3 Å². The highest BCUT2D eigenvalue weighted by Crippen LogP contribution is 2.10. The average Bonchev–Trinajstić information content (AvgIpc) is 2.50. The molecule has 1 fully saturated rings. The summed E-state index contributed by atoms with van der Waals surface area (Å²) in [7, 11) is 0. The molecule has 0 radical (unpaired) electrons. The molecule has 0 amide bonds. The third-order valence-electron chi connectivity index (χ3n) is 1.84. The summed E-state index contributed by atoms with van der Waals surface area (Å²) in [6.45, 7) is 2.81. The molecule has 2 nitrogen and oxygen atoms in total. The molecule has 1 aliphatic heterocycles. The highest BCUT2D eigenvalue weighted by atomic mass is 16.5. The zero-order valence-electron chi connectivity index (χ0n) is 6.81. The van der Waals surface area contributed by atoms with Crippen molar-refractivity contribution < 1.29 is 4.74 Å². The summed E-state index contributed by atoms with van der Waals surface area (Å²) in [5, 5.41) is 3.26. The summed E-state index contributed by atoms with van der Waals surface area (Å²) in [5.74, 6) is 2.59. The van der Waals surface area contributed by atoms with Crippen LogP contribution in [0.3, 0.4) is 0 Å². The van der Waals surface area contributed by atoms with Gasteiger partial charge in [-0.05, 0) is 12.8 Å². The first-order valence-corrected chi connectivity index (χ1v) is 4.19. The molecule has 0 aromatic rings. The van der Waals surface area contributed by atoms with E-state index in [0.29, 0.717) is 6.10 Å². The Morgan fingerprint density at radius 2 is 2.55 bits per heavy atom. The van der Waals surface area contributed by atoms with Gasteiger partial charge in [-0.2, -0.15) is 0 Å². The van der Waals surface area contributed by atoms with E-state index in [1.54, 1.807) is 0 Å². The van der Waals surface area contributed by atoms with E-state index in [-0.39, 0.29) is 0 Å². The average molecular weight is 153 g/mol. The van der Waals surface area contributed by atoms with Gasteiger partial charge >= 0.3 is 0 Å². The van der Waals surface area contributed by atoms with Crippen molar-refractivity contribution in [2.24, 2.45) is 0 Å². The van der Waals surface area contributed by atoms with E-state index in [0.717, 1.165) is 26.1 Å². The van der Waals surface area contributed by atoms with Crippen LogP contribution in [0.15, 0.2) is 0 Å². The third-order valence-corrected chi connectivity index (χ3v) is 1.84. The minimum atomic E-state index is 0.438. The zero-order valence-corrected chi connectivity index (χ0v) is 6.81. The van der Waals surface area contributed by atoms with E-state index in [1.807, 2.05) is 0 Å². The molecule has 62 valence electrons. The summed E-state index contributed by atoms with van der Waals surface area (Å²) in [6.07, 6.45) is 8.76. The van der Waals surface area contributed by atoms with Crippen LogP contribution in [0.4, 0.5) is 0 Å². The van der Waals surface area contributed by atoms with Crippen molar-refractivity contribution in [2.45, 2.75) is 25.4 Å². The van der Waals surface area contributed by atoms with Gasteiger partial charge in [0.1, 0.15) is 0 Å². The lowest BCUT2D eigenvalue weighted by atomic mass is 10.2. The summed E-state index contributed by atoms with van der Waals surface area (Å²) >= 11 is 0. The SMILES string of the molecule is C#CCCNCC1CCCO1. The quantitative estimate of drug-likeness (QED) is 0.476. The van der Waals surface area contributed by atoms with Gasteiger partial charge in [0.05, 0.1) is 6.10 Å². The molecule has 0 saturated carbocycles. The van der Waals surface area contributed by atoms with Crippen molar-refractivity contribution in [1.82, 2.24) is 5.32 Å². The summed E-state index contributed by atoms with van der Waals surface area (Å²) in [4.78, 5) is 0. The molecule has 1 rings (SSSR count). The molecule has 1 N–H and O–H groups in total. The topological polar surface area (TPSA) is 21.3 Å². The van der Waals surface area contributed by atoms with Gasteiger partial charge in [0.15, 0.2) is 0 Å². The van der Waals surface area contributed by atoms with Crippen LogP contribution in [0.2, 0.25) is 0 Å². The monoisotopic (exact) mass is 153 g/mol. The number of hydrogen-bond donors (Lipinski definition) is 1. The molecule has 0 aromatic heterocycles. The highest BCUT2D eigenvalue weighted by molar-refractivity contribution is 4.84. The second kappa shape index (κ2) is 5.17. The van der Waals surface area contributed by atoms with E-state index in [4.69, 9.17) is 11.2 Å². The fourth-order valence-corrected chi connectivity index (χ4v) is 1.23. The second-order valence-corrected chi connectivity index (χ2v) is 2.79. The van der Waals surface area contributed by atoms with E-state index in [9.17, 15) is 0 Å². The Bertz CT molecular complexity index is 133. The van der Waals surface area contributed by atoms with Crippen LogP contribution in [0.5, 0.6) is 0 Å². The zero-order chi connectivity index (χ0) is 7.94. The summed E-state index contributed by atoms with van der Waals surface area (Å²) < 4.78 is 5.42. The van der Waals surface area contributed by atoms with Crippen molar-refractivity contribution in [1.29, 1.82) is 0 Å². The molecule has 0 spiro atoms. The van der Waals surface area contributed by atoms with Crippen molar-refractivity contribution in [2.75, 3.05) is 19.7 Å². The van der Waals surface area contributed by atoms with Crippen LogP contribution in [0.25, 0.3) is 0 Å². The van der Waals surface area contributed by atoms with Crippen molar-refractivity contribution in [3.8, 4) is 12.3 Å².